The zero-order valence-electron chi connectivity index (χ0n) is 11.4. The predicted molar refractivity (Wildman–Crippen MR) is 86.1 cm³/mol. The van der Waals surface area contributed by atoms with Crippen LogP contribution in [-0.2, 0) is 6.54 Å². The Morgan fingerprint density at radius 3 is 2.81 bits per heavy atom. The number of halogens is 1. The molecule has 0 bridgehead atoms. The average molecular weight is 296 g/mol. The van der Waals surface area contributed by atoms with Crippen molar-refractivity contribution in [1.29, 1.82) is 0 Å². The van der Waals surface area contributed by atoms with Crippen LogP contribution in [0.15, 0.2) is 67.5 Å². The molecule has 21 heavy (non-hydrogen) atoms. The Hall–Kier alpha value is -2.39. The van der Waals surface area contributed by atoms with Crippen LogP contribution in [-0.4, -0.2) is 14.8 Å². The van der Waals surface area contributed by atoms with Crippen LogP contribution in [0.5, 0.6) is 0 Å². The molecular formula is C17H14ClN3. The summed E-state index contributed by atoms with van der Waals surface area (Å²) in [5.41, 5.74) is 3.73. The number of aromatic nitrogens is 3. The fourth-order valence-electron chi connectivity index (χ4n) is 2.17. The minimum atomic E-state index is 0.645. The molecular weight excluding hydrogens is 282 g/mol. The van der Waals surface area contributed by atoms with Gasteiger partial charge in [0.2, 0.25) is 0 Å². The minimum Gasteiger partial charge on any atom is -0.268 e. The number of rotatable bonds is 4. The standard InChI is InChI=1S/C17H14ClN3/c1-2-10-21-11-8-16(20-21)13-5-3-6-14(12-13)17-15(18)7-4-9-19-17/h2-9,11-12H,1,10H2. The van der Waals surface area contributed by atoms with Gasteiger partial charge in [0.15, 0.2) is 0 Å². The lowest BCUT2D eigenvalue weighted by atomic mass is 10.1. The van der Waals surface area contributed by atoms with E-state index < -0.39 is 0 Å². The molecule has 2 aromatic heterocycles. The van der Waals surface area contributed by atoms with Gasteiger partial charge < -0.3 is 0 Å². The van der Waals surface area contributed by atoms with E-state index in [0.29, 0.717) is 11.6 Å². The van der Waals surface area contributed by atoms with Crippen LogP contribution in [0.2, 0.25) is 5.02 Å². The van der Waals surface area contributed by atoms with E-state index in [9.17, 15) is 0 Å². The van der Waals surface area contributed by atoms with Gasteiger partial charge >= 0.3 is 0 Å². The summed E-state index contributed by atoms with van der Waals surface area (Å²) in [6.07, 6.45) is 5.50. The van der Waals surface area contributed by atoms with Crippen LogP contribution in [0.1, 0.15) is 0 Å². The number of nitrogens with zero attached hydrogens (tertiary/aromatic N) is 3. The molecule has 0 radical (unpaired) electrons. The van der Waals surface area contributed by atoms with E-state index in [1.807, 2.05) is 53.4 Å². The monoisotopic (exact) mass is 295 g/mol. The van der Waals surface area contributed by atoms with Crippen molar-refractivity contribution in [3.8, 4) is 22.5 Å². The van der Waals surface area contributed by atoms with Crippen LogP contribution in [0, 0.1) is 0 Å². The maximum atomic E-state index is 6.21. The van der Waals surface area contributed by atoms with Crippen LogP contribution in [0.3, 0.4) is 0 Å². The van der Waals surface area contributed by atoms with Gasteiger partial charge in [0.05, 0.1) is 23.0 Å². The van der Waals surface area contributed by atoms with Gasteiger partial charge in [-0.05, 0) is 24.3 Å². The molecule has 0 aliphatic carbocycles. The first-order valence-corrected chi connectivity index (χ1v) is 7.01. The van der Waals surface area contributed by atoms with Crippen LogP contribution >= 0.6 is 11.6 Å². The van der Waals surface area contributed by atoms with Gasteiger partial charge in [0.25, 0.3) is 0 Å². The summed E-state index contributed by atoms with van der Waals surface area (Å²) >= 11 is 6.21. The quantitative estimate of drug-likeness (QED) is 0.666. The molecule has 0 N–H and O–H groups in total. The molecule has 4 heteroatoms. The molecule has 0 saturated carbocycles. The van der Waals surface area contributed by atoms with Gasteiger partial charge in [-0.25, -0.2) is 0 Å². The molecule has 0 fully saturated rings. The van der Waals surface area contributed by atoms with E-state index in [1.54, 1.807) is 6.20 Å². The molecule has 0 atom stereocenters. The van der Waals surface area contributed by atoms with Crippen molar-refractivity contribution < 1.29 is 0 Å². The van der Waals surface area contributed by atoms with E-state index >= 15 is 0 Å². The number of hydrogen-bond acceptors (Lipinski definition) is 2. The van der Waals surface area contributed by atoms with E-state index in [4.69, 9.17) is 11.6 Å². The SMILES string of the molecule is C=CCn1ccc(-c2cccc(-c3ncccc3Cl)c2)n1. The highest BCUT2D eigenvalue weighted by molar-refractivity contribution is 6.33. The first kappa shape index (κ1) is 13.6. The first-order chi connectivity index (χ1) is 10.3. The van der Waals surface area contributed by atoms with E-state index in [2.05, 4.69) is 22.7 Å². The molecule has 0 amide bonds. The topological polar surface area (TPSA) is 30.7 Å². The van der Waals surface area contributed by atoms with Gasteiger partial charge in [-0.3, -0.25) is 9.67 Å². The summed E-state index contributed by atoms with van der Waals surface area (Å²) in [5.74, 6) is 0. The van der Waals surface area contributed by atoms with E-state index in [0.717, 1.165) is 22.5 Å². The van der Waals surface area contributed by atoms with Gasteiger partial charge in [-0.2, -0.15) is 5.10 Å². The summed E-state index contributed by atoms with van der Waals surface area (Å²) in [6, 6.07) is 13.7. The largest absolute Gasteiger partial charge is 0.268 e. The molecule has 104 valence electrons. The Bertz CT molecular complexity index is 777. The Balaban J connectivity index is 2.00. The second kappa shape index (κ2) is 5.94. The van der Waals surface area contributed by atoms with E-state index in [1.165, 1.54) is 0 Å². The zero-order valence-corrected chi connectivity index (χ0v) is 12.2. The molecule has 0 aliphatic rings. The van der Waals surface area contributed by atoms with Crippen molar-refractivity contribution in [3.63, 3.8) is 0 Å². The summed E-state index contributed by atoms with van der Waals surface area (Å²) < 4.78 is 1.85. The molecule has 3 nitrogen and oxygen atoms in total. The molecule has 3 aromatic rings. The fraction of sp³-hybridized carbons (Fsp3) is 0.0588. The summed E-state index contributed by atoms with van der Waals surface area (Å²) in [7, 11) is 0. The molecule has 0 spiro atoms. The molecule has 0 unspecified atom stereocenters. The fourth-order valence-corrected chi connectivity index (χ4v) is 2.40. The highest BCUT2D eigenvalue weighted by Crippen LogP contribution is 2.28. The van der Waals surface area contributed by atoms with Crippen LogP contribution in [0.4, 0.5) is 0 Å². The summed E-state index contributed by atoms with van der Waals surface area (Å²) in [5, 5.41) is 5.16. The Labute approximate surface area is 128 Å². The maximum Gasteiger partial charge on any atom is 0.0923 e. The van der Waals surface area contributed by atoms with Gasteiger partial charge in [-0.15, -0.1) is 6.58 Å². The van der Waals surface area contributed by atoms with Crippen LogP contribution in [0.25, 0.3) is 22.5 Å². The molecule has 3 rings (SSSR count). The van der Waals surface area contributed by atoms with Crippen molar-refractivity contribution >= 4 is 11.6 Å². The second-order valence-electron chi connectivity index (χ2n) is 4.63. The third-order valence-electron chi connectivity index (χ3n) is 3.15. The lowest BCUT2D eigenvalue weighted by molar-refractivity contribution is 0.705. The normalized spacial score (nSPS) is 10.5. The Kier molecular flexibility index (Phi) is 3.84. The van der Waals surface area contributed by atoms with Crippen molar-refractivity contribution in [2.45, 2.75) is 6.54 Å². The molecule has 0 aliphatic heterocycles. The average Bonchev–Trinajstić information content (AvgIpc) is 2.97. The number of allylic oxidation sites excluding steroid dienone is 1. The van der Waals surface area contributed by atoms with Crippen molar-refractivity contribution in [3.05, 3.63) is 72.5 Å². The highest BCUT2D eigenvalue weighted by Gasteiger charge is 2.07. The number of benzene rings is 1. The van der Waals surface area contributed by atoms with Gasteiger partial charge in [0.1, 0.15) is 0 Å². The Morgan fingerprint density at radius 2 is 2.00 bits per heavy atom. The summed E-state index contributed by atoms with van der Waals surface area (Å²) in [4.78, 5) is 4.35. The second-order valence-corrected chi connectivity index (χ2v) is 5.03. The molecule has 0 saturated heterocycles. The highest BCUT2D eigenvalue weighted by atomic mass is 35.5. The molecule has 1 aromatic carbocycles. The lowest BCUT2D eigenvalue weighted by Crippen LogP contribution is -1.95. The van der Waals surface area contributed by atoms with Gasteiger partial charge in [0, 0.05) is 23.5 Å². The first-order valence-electron chi connectivity index (χ1n) is 6.63. The smallest absolute Gasteiger partial charge is 0.0923 e. The van der Waals surface area contributed by atoms with Gasteiger partial charge in [-0.1, -0.05) is 35.9 Å². The minimum absolute atomic E-state index is 0.645. The lowest BCUT2D eigenvalue weighted by Gasteiger charge is -2.05. The maximum absolute atomic E-state index is 6.21. The third kappa shape index (κ3) is 2.88. The number of pyridine rings is 1. The summed E-state index contributed by atoms with van der Waals surface area (Å²) in [6.45, 7) is 4.42. The van der Waals surface area contributed by atoms with Crippen molar-refractivity contribution in [2.75, 3.05) is 0 Å². The van der Waals surface area contributed by atoms with Crippen molar-refractivity contribution in [2.24, 2.45) is 0 Å². The number of hydrogen-bond donors (Lipinski definition) is 0. The third-order valence-corrected chi connectivity index (χ3v) is 3.45. The van der Waals surface area contributed by atoms with Crippen LogP contribution < -0.4 is 0 Å². The Morgan fingerprint density at radius 1 is 1.14 bits per heavy atom. The predicted octanol–water partition coefficient (Wildman–Crippen LogP) is 4.45. The molecule has 2 heterocycles. The zero-order chi connectivity index (χ0) is 14.7. The van der Waals surface area contributed by atoms with E-state index in [-0.39, 0.29) is 0 Å². The van der Waals surface area contributed by atoms with Crippen molar-refractivity contribution in [1.82, 2.24) is 14.8 Å².